The second-order valence-corrected chi connectivity index (χ2v) is 5.09. The van der Waals surface area contributed by atoms with E-state index in [4.69, 9.17) is 4.74 Å². The Morgan fingerprint density at radius 2 is 1.85 bits per heavy atom. The SMILES string of the molecule is CCNC(CN(CC)CCOC)c1ccc(CC)cc1. The van der Waals surface area contributed by atoms with Crippen LogP contribution in [0.2, 0.25) is 0 Å². The Hall–Kier alpha value is -0.900. The highest BCUT2D eigenvalue weighted by molar-refractivity contribution is 5.25. The molecule has 3 nitrogen and oxygen atoms in total. The van der Waals surface area contributed by atoms with Crippen molar-refractivity contribution in [2.24, 2.45) is 0 Å². The highest BCUT2D eigenvalue weighted by Crippen LogP contribution is 2.16. The molecule has 0 bridgehead atoms. The van der Waals surface area contributed by atoms with Gasteiger partial charge >= 0.3 is 0 Å². The fraction of sp³-hybridized carbons (Fsp3) is 0.647. The van der Waals surface area contributed by atoms with Gasteiger partial charge in [0.15, 0.2) is 0 Å². The Labute approximate surface area is 124 Å². The van der Waals surface area contributed by atoms with E-state index in [0.29, 0.717) is 6.04 Å². The largest absolute Gasteiger partial charge is 0.383 e. The molecule has 0 heterocycles. The summed E-state index contributed by atoms with van der Waals surface area (Å²) >= 11 is 0. The van der Waals surface area contributed by atoms with Gasteiger partial charge in [-0.15, -0.1) is 0 Å². The molecule has 0 spiro atoms. The van der Waals surface area contributed by atoms with Crippen LogP contribution in [0.3, 0.4) is 0 Å². The maximum absolute atomic E-state index is 5.19. The van der Waals surface area contributed by atoms with E-state index in [1.165, 1.54) is 11.1 Å². The van der Waals surface area contributed by atoms with Gasteiger partial charge in [-0.1, -0.05) is 45.0 Å². The van der Waals surface area contributed by atoms with Gasteiger partial charge in [0.1, 0.15) is 0 Å². The molecule has 0 radical (unpaired) electrons. The summed E-state index contributed by atoms with van der Waals surface area (Å²) in [5.41, 5.74) is 2.77. The van der Waals surface area contributed by atoms with Crippen molar-refractivity contribution in [1.29, 1.82) is 0 Å². The van der Waals surface area contributed by atoms with Crippen LogP contribution in [0, 0.1) is 0 Å². The van der Waals surface area contributed by atoms with Crippen LogP contribution in [0.15, 0.2) is 24.3 Å². The first kappa shape index (κ1) is 17.2. The first-order valence-electron chi connectivity index (χ1n) is 7.78. The highest BCUT2D eigenvalue weighted by atomic mass is 16.5. The molecule has 1 aromatic carbocycles. The molecule has 1 unspecified atom stereocenters. The smallest absolute Gasteiger partial charge is 0.0589 e. The van der Waals surface area contributed by atoms with Crippen molar-refractivity contribution in [3.05, 3.63) is 35.4 Å². The Kier molecular flexibility index (Phi) is 8.51. The standard InChI is InChI=1S/C17H30N2O/c1-5-15-8-10-16(11-9-15)17(18-6-2)14-19(7-3)12-13-20-4/h8-11,17-18H,5-7,12-14H2,1-4H3. The molecular weight excluding hydrogens is 248 g/mol. The molecular formula is C17H30N2O. The third-order valence-electron chi connectivity index (χ3n) is 3.74. The molecule has 20 heavy (non-hydrogen) atoms. The van der Waals surface area contributed by atoms with Crippen LogP contribution in [0.25, 0.3) is 0 Å². The summed E-state index contributed by atoms with van der Waals surface area (Å²) in [6.07, 6.45) is 1.10. The predicted molar refractivity (Wildman–Crippen MR) is 86.2 cm³/mol. The van der Waals surface area contributed by atoms with Crippen molar-refractivity contribution >= 4 is 0 Å². The number of hydrogen-bond donors (Lipinski definition) is 1. The van der Waals surface area contributed by atoms with E-state index >= 15 is 0 Å². The normalized spacial score (nSPS) is 12.8. The summed E-state index contributed by atoms with van der Waals surface area (Å²) in [5, 5.41) is 3.60. The lowest BCUT2D eigenvalue weighted by atomic mass is 10.0. The zero-order chi connectivity index (χ0) is 14.8. The summed E-state index contributed by atoms with van der Waals surface area (Å²) in [6, 6.07) is 9.39. The fourth-order valence-electron chi connectivity index (χ4n) is 2.38. The van der Waals surface area contributed by atoms with Crippen LogP contribution in [0.1, 0.15) is 37.9 Å². The van der Waals surface area contributed by atoms with E-state index < -0.39 is 0 Å². The van der Waals surface area contributed by atoms with E-state index in [9.17, 15) is 0 Å². The molecule has 114 valence electrons. The summed E-state index contributed by atoms with van der Waals surface area (Å²) in [7, 11) is 1.76. The van der Waals surface area contributed by atoms with Crippen LogP contribution in [-0.4, -0.2) is 44.8 Å². The molecule has 0 aliphatic rings. The number of aryl methyl sites for hydroxylation is 1. The minimum absolute atomic E-state index is 0.391. The van der Waals surface area contributed by atoms with Crippen molar-refractivity contribution in [3.63, 3.8) is 0 Å². The monoisotopic (exact) mass is 278 g/mol. The van der Waals surface area contributed by atoms with Gasteiger partial charge in [-0.05, 0) is 30.6 Å². The molecule has 0 saturated carbocycles. The molecule has 0 aromatic heterocycles. The highest BCUT2D eigenvalue weighted by Gasteiger charge is 2.14. The number of ether oxygens (including phenoxy) is 1. The third-order valence-corrected chi connectivity index (χ3v) is 3.74. The van der Waals surface area contributed by atoms with Gasteiger partial charge in [0, 0.05) is 26.2 Å². The summed E-state index contributed by atoms with van der Waals surface area (Å²) in [4.78, 5) is 2.44. The summed E-state index contributed by atoms with van der Waals surface area (Å²) in [6.45, 7) is 11.4. The Bertz CT molecular complexity index is 351. The minimum atomic E-state index is 0.391. The fourth-order valence-corrected chi connectivity index (χ4v) is 2.38. The lowest BCUT2D eigenvalue weighted by molar-refractivity contribution is 0.144. The zero-order valence-corrected chi connectivity index (χ0v) is 13.5. The van der Waals surface area contributed by atoms with E-state index in [2.05, 4.69) is 55.3 Å². The van der Waals surface area contributed by atoms with Crippen molar-refractivity contribution in [2.45, 2.75) is 33.2 Å². The molecule has 1 atom stereocenters. The number of methoxy groups -OCH3 is 1. The maximum Gasteiger partial charge on any atom is 0.0589 e. The molecule has 1 aromatic rings. The Morgan fingerprint density at radius 1 is 1.15 bits per heavy atom. The number of hydrogen-bond acceptors (Lipinski definition) is 3. The van der Waals surface area contributed by atoms with Gasteiger partial charge in [-0.25, -0.2) is 0 Å². The van der Waals surface area contributed by atoms with Crippen molar-refractivity contribution in [1.82, 2.24) is 10.2 Å². The number of nitrogens with one attached hydrogen (secondary N) is 1. The summed E-state index contributed by atoms with van der Waals surface area (Å²) in [5.74, 6) is 0. The van der Waals surface area contributed by atoms with E-state index in [-0.39, 0.29) is 0 Å². The lowest BCUT2D eigenvalue weighted by Crippen LogP contribution is -2.37. The van der Waals surface area contributed by atoms with Gasteiger partial charge < -0.3 is 10.1 Å². The van der Waals surface area contributed by atoms with Crippen LogP contribution in [0.4, 0.5) is 0 Å². The number of rotatable bonds is 10. The maximum atomic E-state index is 5.19. The van der Waals surface area contributed by atoms with Crippen molar-refractivity contribution < 1.29 is 4.74 Å². The van der Waals surface area contributed by atoms with Crippen molar-refractivity contribution in [2.75, 3.05) is 39.9 Å². The molecule has 0 fully saturated rings. The number of benzene rings is 1. The Balaban J connectivity index is 2.70. The average molecular weight is 278 g/mol. The van der Waals surface area contributed by atoms with Crippen LogP contribution in [-0.2, 0) is 11.2 Å². The predicted octanol–water partition coefficient (Wildman–Crippen LogP) is 2.87. The van der Waals surface area contributed by atoms with Gasteiger partial charge in [0.2, 0.25) is 0 Å². The van der Waals surface area contributed by atoms with Crippen molar-refractivity contribution in [3.8, 4) is 0 Å². The topological polar surface area (TPSA) is 24.5 Å². The first-order chi connectivity index (χ1) is 9.74. The second-order valence-electron chi connectivity index (χ2n) is 5.09. The van der Waals surface area contributed by atoms with Gasteiger partial charge in [0.05, 0.1) is 6.61 Å². The zero-order valence-electron chi connectivity index (χ0n) is 13.5. The molecule has 0 aliphatic carbocycles. The molecule has 3 heteroatoms. The second kappa shape index (κ2) is 9.92. The Morgan fingerprint density at radius 3 is 2.35 bits per heavy atom. The van der Waals surface area contributed by atoms with Gasteiger partial charge in [-0.3, -0.25) is 4.90 Å². The molecule has 1 rings (SSSR count). The minimum Gasteiger partial charge on any atom is -0.383 e. The molecule has 0 aliphatic heterocycles. The van der Waals surface area contributed by atoms with E-state index in [1.54, 1.807) is 7.11 Å². The molecule has 1 N–H and O–H groups in total. The van der Waals surface area contributed by atoms with Crippen LogP contribution >= 0.6 is 0 Å². The van der Waals surface area contributed by atoms with Gasteiger partial charge in [0.25, 0.3) is 0 Å². The van der Waals surface area contributed by atoms with Gasteiger partial charge in [-0.2, -0.15) is 0 Å². The number of likely N-dealkylation sites (N-methyl/N-ethyl adjacent to an activating group) is 2. The number of nitrogens with zero attached hydrogens (tertiary/aromatic N) is 1. The van der Waals surface area contributed by atoms with E-state index in [1.807, 2.05) is 0 Å². The van der Waals surface area contributed by atoms with E-state index in [0.717, 1.165) is 39.2 Å². The van der Waals surface area contributed by atoms with Crippen LogP contribution < -0.4 is 5.32 Å². The lowest BCUT2D eigenvalue weighted by Gasteiger charge is -2.27. The molecule has 0 amide bonds. The average Bonchev–Trinajstić information content (AvgIpc) is 2.50. The molecule has 0 saturated heterocycles. The summed E-state index contributed by atoms with van der Waals surface area (Å²) < 4.78 is 5.19. The van der Waals surface area contributed by atoms with Crippen LogP contribution in [0.5, 0.6) is 0 Å². The third kappa shape index (κ3) is 5.61. The first-order valence-corrected chi connectivity index (χ1v) is 7.78. The quantitative estimate of drug-likeness (QED) is 0.712.